The van der Waals surface area contributed by atoms with Gasteiger partial charge in [0.15, 0.2) is 0 Å². The van der Waals surface area contributed by atoms with E-state index < -0.39 is 10.1 Å². The van der Waals surface area contributed by atoms with Gasteiger partial charge in [0.25, 0.3) is 10.1 Å². The Kier molecular flexibility index (Phi) is 14.9. The first-order valence-electron chi connectivity index (χ1n) is 11.0. The third kappa shape index (κ3) is 14.3. The van der Waals surface area contributed by atoms with Crippen LogP contribution in [0, 0.1) is 6.92 Å². The zero-order chi connectivity index (χ0) is 22.6. The molecule has 0 radical (unpaired) electrons. The molecule has 0 bridgehead atoms. The highest BCUT2D eigenvalue weighted by Gasteiger charge is 2.13. The zero-order valence-corrected chi connectivity index (χ0v) is 19.7. The summed E-state index contributed by atoms with van der Waals surface area (Å²) in [6, 6.07) is 6.69. The average molecular weight is 441 g/mol. The molecule has 31 heavy (non-hydrogen) atoms. The van der Waals surface area contributed by atoms with E-state index in [1.165, 1.54) is 0 Å². The van der Waals surface area contributed by atoms with Crippen molar-refractivity contribution in [2.45, 2.75) is 63.7 Å². The molecule has 0 heterocycles. The van der Waals surface area contributed by atoms with Crippen molar-refractivity contribution in [3.05, 3.63) is 96.3 Å². The maximum Gasteiger partial charge on any atom is 0.296 e. The predicted molar refractivity (Wildman–Crippen MR) is 132 cm³/mol. The molecule has 3 nitrogen and oxygen atoms in total. The van der Waals surface area contributed by atoms with Gasteiger partial charge in [-0.05, 0) is 76.2 Å². The zero-order valence-electron chi connectivity index (χ0n) is 18.9. The topological polar surface area (TPSA) is 43.4 Å². The lowest BCUT2D eigenvalue weighted by molar-refractivity contribution is 0.309. The molecule has 0 saturated carbocycles. The molecule has 0 aliphatic rings. The highest BCUT2D eigenvalue weighted by Crippen LogP contribution is 2.13. The Morgan fingerprint density at radius 2 is 1.52 bits per heavy atom. The van der Waals surface area contributed by atoms with Crippen LogP contribution in [0.3, 0.4) is 0 Å². The molecule has 0 unspecified atom stereocenters. The molecule has 1 rings (SSSR count). The first-order valence-corrected chi connectivity index (χ1v) is 12.4. The van der Waals surface area contributed by atoms with Crippen LogP contribution in [-0.2, 0) is 14.3 Å². The third-order valence-corrected chi connectivity index (χ3v) is 5.62. The predicted octanol–water partition coefficient (Wildman–Crippen LogP) is 7.39. The smallest absolute Gasteiger partial charge is 0.266 e. The molecule has 4 heteroatoms. The van der Waals surface area contributed by atoms with E-state index in [1.54, 1.807) is 24.3 Å². The molecule has 0 fully saturated rings. The monoisotopic (exact) mass is 440 g/mol. The van der Waals surface area contributed by atoms with E-state index in [4.69, 9.17) is 4.18 Å². The van der Waals surface area contributed by atoms with Crippen molar-refractivity contribution in [3.8, 4) is 0 Å². The summed E-state index contributed by atoms with van der Waals surface area (Å²) >= 11 is 0. The van der Waals surface area contributed by atoms with E-state index in [1.807, 2.05) is 25.2 Å². The Hall–Kier alpha value is -2.39. The van der Waals surface area contributed by atoms with Gasteiger partial charge in [0.05, 0.1) is 11.5 Å². The Labute approximate surface area is 189 Å². The van der Waals surface area contributed by atoms with Gasteiger partial charge < -0.3 is 0 Å². The fraction of sp³-hybridized carbons (Fsp3) is 0.370. The molecule has 0 aliphatic carbocycles. The number of allylic oxidation sites excluding steroid dienone is 9. The first-order chi connectivity index (χ1) is 15.1. The van der Waals surface area contributed by atoms with Gasteiger partial charge in [0.2, 0.25) is 0 Å². The quantitative estimate of drug-likeness (QED) is 0.0939. The standard InChI is InChI=1S/C27H36O3S/c1-3-4-5-6-7-8-9-10-11-12-13-14-15-16-17-18-19-20-25-30-31(28,29)27-23-21-26(2)22-24-27/h4-5,7-8,10-11,13,15-17,21-24H,3,6,9,12,18-20,25H2,1-2H3/b5-4-,8-7-,11-10-,17-16-. The van der Waals surface area contributed by atoms with E-state index in [-0.39, 0.29) is 11.5 Å². The van der Waals surface area contributed by atoms with E-state index in [0.29, 0.717) is 6.42 Å². The number of hydrogen-bond acceptors (Lipinski definition) is 3. The van der Waals surface area contributed by atoms with Gasteiger partial charge in [-0.2, -0.15) is 8.42 Å². The summed E-state index contributed by atoms with van der Waals surface area (Å²) in [5.74, 6) is 0. The summed E-state index contributed by atoms with van der Waals surface area (Å²) in [5.41, 5.74) is 4.15. The minimum absolute atomic E-state index is 0.205. The highest BCUT2D eigenvalue weighted by molar-refractivity contribution is 7.86. The van der Waals surface area contributed by atoms with Crippen molar-refractivity contribution in [2.24, 2.45) is 0 Å². The molecule has 1 aromatic rings. The van der Waals surface area contributed by atoms with Crippen LogP contribution in [-0.4, -0.2) is 15.0 Å². The summed E-state index contributed by atoms with van der Waals surface area (Å²) < 4.78 is 29.2. The van der Waals surface area contributed by atoms with Crippen LogP contribution >= 0.6 is 0 Å². The Morgan fingerprint density at radius 3 is 2.19 bits per heavy atom. The number of benzene rings is 1. The lowest BCUT2D eigenvalue weighted by Gasteiger charge is -2.05. The van der Waals surface area contributed by atoms with E-state index in [0.717, 1.165) is 44.1 Å². The minimum Gasteiger partial charge on any atom is -0.266 e. The van der Waals surface area contributed by atoms with E-state index in [2.05, 4.69) is 55.2 Å². The molecule has 0 amide bonds. The third-order valence-electron chi connectivity index (χ3n) is 4.29. The molecule has 0 N–H and O–H groups in total. The molecule has 0 aromatic heterocycles. The van der Waals surface area contributed by atoms with Gasteiger partial charge in [-0.1, -0.05) is 73.2 Å². The van der Waals surface area contributed by atoms with Crippen molar-refractivity contribution < 1.29 is 12.6 Å². The van der Waals surface area contributed by atoms with E-state index in [9.17, 15) is 8.42 Å². The molecule has 168 valence electrons. The number of unbranched alkanes of at least 4 members (excludes halogenated alkanes) is 2. The maximum absolute atomic E-state index is 12.1. The minimum atomic E-state index is -3.65. The Morgan fingerprint density at radius 1 is 0.871 bits per heavy atom. The van der Waals surface area contributed by atoms with Crippen molar-refractivity contribution in [1.29, 1.82) is 0 Å². The summed E-state index contributed by atoms with van der Waals surface area (Å²) in [5, 5.41) is 0. The second-order valence-electron chi connectivity index (χ2n) is 7.08. The highest BCUT2D eigenvalue weighted by atomic mass is 32.2. The van der Waals surface area contributed by atoms with Crippen molar-refractivity contribution >= 4 is 10.1 Å². The Bertz CT molecular complexity index is 879. The van der Waals surface area contributed by atoms with Crippen molar-refractivity contribution in [1.82, 2.24) is 0 Å². The summed E-state index contributed by atoms with van der Waals surface area (Å²) in [7, 11) is -3.65. The van der Waals surface area contributed by atoms with Crippen LogP contribution in [0.2, 0.25) is 0 Å². The average Bonchev–Trinajstić information content (AvgIpc) is 2.75. The molecule has 0 spiro atoms. The van der Waals surface area contributed by atoms with Crippen LogP contribution in [0.4, 0.5) is 0 Å². The van der Waals surface area contributed by atoms with E-state index >= 15 is 0 Å². The van der Waals surface area contributed by atoms with Gasteiger partial charge >= 0.3 is 0 Å². The van der Waals surface area contributed by atoms with Crippen LogP contribution in [0.5, 0.6) is 0 Å². The summed E-state index contributed by atoms with van der Waals surface area (Å²) in [6.45, 7) is 4.26. The van der Waals surface area contributed by atoms with Gasteiger partial charge in [-0.3, -0.25) is 4.18 Å². The van der Waals surface area contributed by atoms with Crippen LogP contribution in [0.15, 0.2) is 95.7 Å². The van der Waals surface area contributed by atoms with Crippen LogP contribution < -0.4 is 0 Å². The maximum atomic E-state index is 12.1. The van der Waals surface area contributed by atoms with Gasteiger partial charge in [0.1, 0.15) is 0 Å². The van der Waals surface area contributed by atoms with Gasteiger partial charge in [-0.15, -0.1) is 5.73 Å². The molecular formula is C27H36O3S. The normalized spacial score (nSPS) is 12.3. The fourth-order valence-corrected chi connectivity index (χ4v) is 3.48. The second kappa shape index (κ2) is 17.3. The molecule has 0 saturated heterocycles. The lowest BCUT2D eigenvalue weighted by Crippen LogP contribution is -2.07. The SMILES string of the molecule is CC/C=C\C/C=C\C/C=C\CC=C=C/C=C\CCCCOS(=O)(=O)c1ccc(C)cc1. The summed E-state index contributed by atoms with van der Waals surface area (Å²) in [4.78, 5) is 0.209. The van der Waals surface area contributed by atoms with Gasteiger partial charge in [0, 0.05) is 0 Å². The number of aryl methyl sites for hydroxylation is 1. The first kappa shape index (κ1) is 26.6. The number of hydrogen-bond donors (Lipinski definition) is 0. The fourth-order valence-electron chi connectivity index (χ4n) is 2.53. The molecule has 1 aromatic carbocycles. The largest absolute Gasteiger partial charge is 0.296 e. The van der Waals surface area contributed by atoms with Crippen molar-refractivity contribution in [2.75, 3.05) is 6.61 Å². The van der Waals surface area contributed by atoms with Gasteiger partial charge in [-0.25, -0.2) is 0 Å². The van der Waals surface area contributed by atoms with Crippen LogP contribution in [0.1, 0.15) is 57.4 Å². The molecular weight excluding hydrogens is 404 g/mol. The Balaban J connectivity index is 2.10. The molecule has 0 atom stereocenters. The summed E-state index contributed by atoms with van der Waals surface area (Å²) in [6.07, 6.45) is 27.4. The lowest BCUT2D eigenvalue weighted by atomic mass is 10.2. The molecule has 0 aliphatic heterocycles. The van der Waals surface area contributed by atoms with Crippen LogP contribution in [0.25, 0.3) is 0 Å². The number of rotatable bonds is 15. The van der Waals surface area contributed by atoms with Crippen molar-refractivity contribution in [3.63, 3.8) is 0 Å². The second-order valence-corrected chi connectivity index (χ2v) is 8.70.